The number of nitrogens with zero attached hydrogens (tertiary/aromatic N) is 1. The summed E-state index contributed by atoms with van der Waals surface area (Å²) in [6, 6.07) is 7.71. The van der Waals surface area contributed by atoms with E-state index in [9.17, 15) is 4.79 Å². The third kappa shape index (κ3) is 2.68. The Labute approximate surface area is 106 Å². The Bertz CT molecular complexity index is 467. The molecule has 1 aromatic carbocycles. The summed E-state index contributed by atoms with van der Waals surface area (Å²) in [5, 5.41) is 3.63. The third-order valence-corrected chi connectivity index (χ3v) is 3.44. The van der Waals surface area contributed by atoms with E-state index in [4.69, 9.17) is 0 Å². The first-order chi connectivity index (χ1) is 7.79. The van der Waals surface area contributed by atoms with Crippen LogP contribution in [0.5, 0.6) is 0 Å². The number of carbonyl (C=O) groups excluding carboxylic acids is 1. The zero-order valence-corrected chi connectivity index (χ0v) is 10.7. The predicted molar refractivity (Wildman–Crippen MR) is 69.1 cm³/mol. The van der Waals surface area contributed by atoms with E-state index in [0.717, 1.165) is 11.0 Å². The van der Waals surface area contributed by atoms with Gasteiger partial charge in [-0.15, -0.1) is 11.3 Å². The largest absolute Gasteiger partial charge is 0.321 e. The maximum absolute atomic E-state index is 11.7. The molecular formula is C11H9BrN2OS. The van der Waals surface area contributed by atoms with Gasteiger partial charge in [0.15, 0.2) is 0 Å². The number of anilines is 1. The van der Waals surface area contributed by atoms with Gasteiger partial charge in [0.25, 0.3) is 5.91 Å². The first kappa shape index (κ1) is 11.3. The second-order valence-corrected chi connectivity index (χ2v) is 4.60. The molecule has 0 aliphatic heterocycles. The van der Waals surface area contributed by atoms with Crippen LogP contribution in [0.3, 0.4) is 0 Å². The molecule has 1 heterocycles. The number of carbonyl (C=O) groups is 1. The van der Waals surface area contributed by atoms with Gasteiger partial charge in [-0.1, -0.05) is 28.1 Å². The number of nitrogens with one attached hydrogen (secondary N) is 1. The number of rotatable bonds is 3. The quantitative estimate of drug-likeness (QED) is 0.883. The van der Waals surface area contributed by atoms with Crippen LogP contribution in [0.2, 0.25) is 0 Å². The second kappa shape index (κ2) is 5.23. The van der Waals surface area contributed by atoms with Crippen molar-refractivity contribution in [3.05, 3.63) is 46.4 Å². The van der Waals surface area contributed by atoms with Crippen LogP contribution in [0, 0.1) is 0 Å². The van der Waals surface area contributed by atoms with E-state index in [1.165, 1.54) is 16.9 Å². The highest BCUT2D eigenvalue weighted by molar-refractivity contribution is 9.08. The van der Waals surface area contributed by atoms with Crippen molar-refractivity contribution in [3.8, 4) is 0 Å². The highest BCUT2D eigenvalue weighted by atomic mass is 79.9. The molecule has 5 heteroatoms. The Hall–Kier alpha value is -1.20. The molecule has 0 saturated heterocycles. The molecule has 82 valence electrons. The summed E-state index contributed by atoms with van der Waals surface area (Å²) in [5.74, 6) is -0.117. The molecule has 0 bridgehead atoms. The van der Waals surface area contributed by atoms with Gasteiger partial charge in [-0.05, 0) is 17.7 Å². The van der Waals surface area contributed by atoms with Crippen LogP contribution in [-0.2, 0) is 5.33 Å². The van der Waals surface area contributed by atoms with Gasteiger partial charge in [0.2, 0.25) is 0 Å². The van der Waals surface area contributed by atoms with Crippen molar-refractivity contribution in [1.29, 1.82) is 0 Å². The highest BCUT2D eigenvalue weighted by Crippen LogP contribution is 2.14. The molecule has 1 amide bonds. The molecule has 0 saturated carbocycles. The predicted octanol–water partition coefficient (Wildman–Crippen LogP) is 3.29. The SMILES string of the molecule is O=C(Nc1ccc(CBr)cc1)c1cncs1. The number of benzene rings is 1. The standard InChI is InChI=1S/C11H9BrN2OS/c12-5-8-1-3-9(4-2-8)14-11(15)10-6-13-7-16-10/h1-4,6-7H,5H2,(H,14,15). The number of hydrogen-bond donors (Lipinski definition) is 1. The lowest BCUT2D eigenvalue weighted by molar-refractivity contribution is 0.103. The molecule has 1 N–H and O–H groups in total. The molecule has 0 radical (unpaired) electrons. The molecule has 0 unspecified atom stereocenters. The monoisotopic (exact) mass is 296 g/mol. The average Bonchev–Trinajstić information content (AvgIpc) is 2.83. The highest BCUT2D eigenvalue weighted by Gasteiger charge is 2.06. The Morgan fingerprint density at radius 1 is 1.38 bits per heavy atom. The lowest BCUT2D eigenvalue weighted by atomic mass is 10.2. The summed E-state index contributed by atoms with van der Waals surface area (Å²) < 4.78 is 0. The lowest BCUT2D eigenvalue weighted by Crippen LogP contribution is -2.09. The van der Waals surface area contributed by atoms with Gasteiger partial charge < -0.3 is 5.32 Å². The van der Waals surface area contributed by atoms with E-state index < -0.39 is 0 Å². The van der Waals surface area contributed by atoms with Crippen molar-refractivity contribution >= 4 is 38.9 Å². The molecule has 3 nitrogen and oxygen atoms in total. The van der Waals surface area contributed by atoms with Crippen molar-refractivity contribution in [2.45, 2.75) is 5.33 Å². The van der Waals surface area contributed by atoms with Crippen LogP contribution in [0.1, 0.15) is 15.2 Å². The fourth-order valence-electron chi connectivity index (χ4n) is 1.20. The molecule has 1 aromatic heterocycles. The Morgan fingerprint density at radius 2 is 2.12 bits per heavy atom. The van der Waals surface area contributed by atoms with Crippen LogP contribution in [0.25, 0.3) is 0 Å². The maximum atomic E-state index is 11.7. The molecular weight excluding hydrogens is 288 g/mol. The number of amides is 1. The molecule has 0 fully saturated rings. The first-order valence-corrected chi connectivity index (χ1v) is 6.64. The van der Waals surface area contributed by atoms with Gasteiger partial charge in [-0.2, -0.15) is 0 Å². The van der Waals surface area contributed by atoms with Gasteiger partial charge in [0.1, 0.15) is 4.88 Å². The molecule has 2 rings (SSSR count). The van der Waals surface area contributed by atoms with E-state index in [-0.39, 0.29) is 5.91 Å². The zero-order valence-electron chi connectivity index (χ0n) is 8.31. The van der Waals surface area contributed by atoms with Gasteiger partial charge in [-0.3, -0.25) is 9.78 Å². The second-order valence-electron chi connectivity index (χ2n) is 3.15. The first-order valence-electron chi connectivity index (χ1n) is 4.64. The van der Waals surface area contributed by atoms with Crippen LogP contribution in [0.4, 0.5) is 5.69 Å². The summed E-state index contributed by atoms with van der Waals surface area (Å²) in [5.41, 5.74) is 3.61. The van der Waals surface area contributed by atoms with E-state index in [0.29, 0.717) is 4.88 Å². The van der Waals surface area contributed by atoms with E-state index in [1.807, 2.05) is 24.3 Å². The summed E-state index contributed by atoms with van der Waals surface area (Å²) in [6.45, 7) is 0. The normalized spacial score (nSPS) is 10.1. The number of halogens is 1. The van der Waals surface area contributed by atoms with Crippen LogP contribution >= 0.6 is 27.3 Å². The van der Waals surface area contributed by atoms with Crippen molar-refractivity contribution in [1.82, 2.24) is 4.98 Å². The minimum absolute atomic E-state index is 0.117. The number of hydrogen-bond acceptors (Lipinski definition) is 3. The van der Waals surface area contributed by atoms with Gasteiger partial charge in [-0.25, -0.2) is 0 Å². The Balaban J connectivity index is 2.06. The van der Waals surface area contributed by atoms with Crippen LogP contribution in [-0.4, -0.2) is 10.9 Å². The van der Waals surface area contributed by atoms with Gasteiger partial charge >= 0.3 is 0 Å². The number of alkyl halides is 1. The zero-order chi connectivity index (χ0) is 11.4. The fourth-order valence-corrected chi connectivity index (χ4v) is 2.09. The number of aromatic nitrogens is 1. The Morgan fingerprint density at radius 3 is 2.69 bits per heavy atom. The molecule has 0 atom stereocenters. The molecule has 2 aromatic rings. The van der Waals surface area contributed by atoms with Crippen LogP contribution in [0.15, 0.2) is 36.0 Å². The smallest absolute Gasteiger partial charge is 0.267 e. The van der Waals surface area contributed by atoms with Gasteiger partial charge in [0, 0.05) is 11.0 Å². The molecule has 0 aliphatic rings. The molecule has 0 spiro atoms. The van der Waals surface area contributed by atoms with Crippen LogP contribution < -0.4 is 5.32 Å². The van der Waals surface area contributed by atoms with Crippen molar-refractivity contribution in [2.75, 3.05) is 5.32 Å². The number of thiazole rings is 1. The maximum Gasteiger partial charge on any atom is 0.267 e. The third-order valence-electron chi connectivity index (χ3n) is 2.02. The minimum Gasteiger partial charge on any atom is -0.321 e. The fraction of sp³-hybridized carbons (Fsp3) is 0.0909. The van der Waals surface area contributed by atoms with E-state index in [1.54, 1.807) is 11.7 Å². The molecule has 16 heavy (non-hydrogen) atoms. The van der Waals surface area contributed by atoms with Crippen molar-refractivity contribution in [3.63, 3.8) is 0 Å². The van der Waals surface area contributed by atoms with Crippen molar-refractivity contribution < 1.29 is 4.79 Å². The average molecular weight is 297 g/mol. The minimum atomic E-state index is -0.117. The molecule has 0 aliphatic carbocycles. The topological polar surface area (TPSA) is 42.0 Å². The van der Waals surface area contributed by atoms with Gasteiger partial charge in [0.05, 0.1) is 11.7 Å². The Kier molecular flexibility index (Phi) is 3.69. The van der Waals surface area contributed by atoms with E-state index >= 15 is 0 Å². The lowest BCUT2D eigenvalue weighted by Gasteiger charge is -2.03. The summed E-state index contributed by atoms with van der Waals surface area (Å²) in [4.78, 5) is 16.2. The van der Waals surface area contributed by atoms with Crippen molar-refractivity contribution in [2.24, 2.45) is 0 Å². The summed E-state index contributed by atoms with van der Waals surface area (Å²) in [6.07, 6.45) is 1.56. The summed E-state index contributed by atoms with van der Waals surface area (Å²) >= 11 is 4.70. The van der Waals surface area contributed by atoms with E-state index in [2.05, 4.69) is 26.2 Å². The summed E-state index contributed by atoms with van der Waals surface area (Å²) in [7, 11) is 0.